The van der Waals surface area contributed by atoms with Gasteiger partial charge in [-0.15, -0.1) is 10.2 Å². The van der Waals surface area contributed by atoms with Crippen molar-refractivity contribution in [3.05, 3.63) is 12.2 Å². The molecule has 0 aliphatic carbocycles. The van der Waals surface area contributed by atoms with Gasteiger partial charge in [-0.05, 0) is 0 Å². The van der Waals surface area contributed by atoms with Gasteiger partial charge in [0.25, 0.3) is 5.89 Å². The van der Waals surface area contributed by atoms with Crippen LogP contribution in [-0.2, 0) is 0 Å². The lowest BCUT2D eigenvalue weighted by atomic mass is 10.5. The van der Waals surface area contributed by atoms with Crippen LogP contribution in [0.2, 0.25) is 0 Å². The number of ether oxygens (including phenoxy) is 1. The monoisotopic (exact) mass is 181 g/mol. The number of hydrogen-bond acceptors (Lipinski definition) is 6. The van der Waals surface area contributed by atoms with Gasteiger partial charge >= 0.3 is 6.08 Å². The Kier molecular flexibility index (Phi) is 1.73. The molecule has 2 aromatic heterocycles. The van der Waals surface area contributed by atoms with Crippen molar-refractivity contribution >= 4 is 0 Å². The molecule has 0 N–H and O–H groups in total. The first-order valence-corrected chi connectivity index (χ1v) is 3.59. The van der Waals surface area contributed by atoms with Crippen molar-refractivity contribution in [2.45, 2.75) is 6.92 Å². The molecule has 0 amide bonds. The van der Waals surface area contributed by atoms with Gasteiger partial charge in [0.1, 0.15) is 6.26 Å². The minimum atomic E-state index is 0.172. The molecule has 0 aliphatic rings. The molecule has 0 bridgehead atoms. The van der Waals surface area contributed by atoms with Crippen LogP contribution in [0.5, 0.6) is 6.08 Å². The first-order valence-electron chi connectivity index (χ1n) is 3.59. The third-order valence-corrected chi connectivity index (χ3v) is 1.40. The summed E-state index contributed by atoms with van der Waals surface area (Å²) < 4.78 is 14.8. The highest BCUT2D eigenvalue weighted by molar-refractivity contribution is 5.43. The first-order chi connectivity index (χ1) is 6.29. The van der Waals surface area contributed by atoms with Crippen molar-refractivity contribution in [1.82, 2.24) is 15.2 Å². The molecular formula is C7H7N3O3. The summed E-state index contributed by atoms with van der Waals surface area (Å²) >= 11 is 0. The lowest BCUT2D eigenvalue weighted by Gasteiger charge is -1.85. The van der Waals surface area contributed by atoms with E-state index in [-0.39, 0.29) is 6.08 Å². The van der Waals surface area contributed by atoms with Gasteiger partial charge in [0, 0.05) is 6.92 Å². The summed E-state index contributed by atoms with van der Waals surface area (Å²) in [7, 11) is 1.47. The Balaban J connectivity index is 2.35. The number of aromatic nitrogens is 3. The van der Waals surface area contributed by atoms with Crippen LogP contribution in [0.25, 0.3) is 11.6 Å². The fourth-order valence-electron chi connectivity index (χ4n) is 0.849. The van der Waals surface area contributed by atoms with Gasteiger partial charge in [0.15, 0.2) is 5.69 Å². The number of oxazole rings is 1. The van der Waals surface area contributed by atoms with Crippen molar-refractivity contribution in [1.29, 1.82) is 0 Å². The van der Waals surface area contributed by atoms with Gasteiger partial charge in [-0.1, -0.05) is 0 Å². The van der Waals surface area contributed by atoms with E-state index in [1.807, 2.05) is 0 Å². The van der Waals surface area contributed by atoms with E-state index in [9.17, 15) is 0 Å². The van der Waals surface area contributed by atoms with Crippen LogP contribution in [0.3, 0.4) is 0 Å². The molecule has 2 heterocycles. The second-order valence-corrected chi connectivity index (χ2v) is 2.33. The standard InChI is InChI=1S/C7H7N3O3/c1-4-9-10-6(13-4)5-3-12-7(8-5)11-2/h3H,1-2H3. The molecular weight excluding hydrogens is 174 g/mol. The largest absolute Gasteiger partial charge is 0.454 e. The molecule has 0 atom stereocenters. The molecule has 6 nitrogen and oxygen atoms in total. The highest BCUT2D eigenvalue weighted by Gasteiger charge is 2.11. The first kappa shape index (κ1) is 7.78. The van der Waals surface area contributed by atoms with Crippen LogP contribution in [0.1, 0.15) is 5.89 Å². The Labute approximate surface area is 73.5 Å². The summed E-state index contributed by atoms with van der Waals surface area (Å²) in [5.74, 6) is 0.807. The molecule has 0 radical (unpaired) electrons. The van der Waals surface area contributed by atoms with Crippen LogP contribution in [0.4, 0.5) is 0 Å². The van der Waals surface area contributed by atoms with Crippen LogP contribution in [0.15, 0.2) is 15.1 Å². The Morgan fingerprint density at radius 2 is 2.23 bits per heavy atom. The van der Waals surface area contributed by atoms with E-state index >= 15 is 0 Å². The van der Waals surface area contributed by atoms with Crippen LogP contribution in [0, 0.1) is 6.92 Å². The molecule has 6 heteroatoms. The molecule has 2 aromatic rings. The lowest BCUT2D eigenvalue weighted by Crippen LogP contribution is -1.82. The molecule has 13 heavy (non-hydrogen) atoms. The lowest BCUT2D eigenvalue weighted by molar-refractivity contribution is 0.290. The fourth-order valence-corrected chi connectivity index (χ4v) is 0.849. The molecule has 68 valence electrons. The predicted molar refractivity (Wildman–Crippen MR) is 41.1 cm³/mol. The average Bonchev–Trinajstić information content (AvgIpc) is 2.71. The molecule has 0 spiro atoms. The highest BCUT2D eigenvalue weighted by atomic mass is 16.6. The second kappa shape index (κ2) is 2.89. The molecule has 0 saturated carbocycles. The van der Waals surface area contributed by atoms with Crippen molar-refractivity contribution in [3.63, 3.8) is 0 Å². The summed E-state index contributed by atoms with van der Waals surface area (Å²) in [6.07, 6.45) is 1.57. The minimum absolute atomic E-state index is 0.172. The fraction of sp³-hybridized carbons (Fsp3) is 0.286. The van der Waals surface area contributed by atoms with Crippen molar-refractivity contribution in [2.75, 3.05) is 7.11 Å². The number of methoxy groups -OCH3 is 1. The molecule has 0 aliphatic heterocycles. The third-order valence-electron chi connectivity index (χ3n) is 1.40. The summed E-state index contributed by atoms with van der Waals surface area (Å²) in [6, 6.07) is 0. The Morgan fingerprint density at radius 3 is 2.77 bits per heavy atom. The summed E-state index contributed by atoms with van der Waals surface area (Å²) in [5, 5.41) is 7.43. The van der Waals surface area contributed by atoms with Gasteiger partial charge in [-0.3, -0.25) is 0 Å². The summed E-state index contributed by atoms with van der Waals surface area (Å²) in [6.45, 7) is 1.70. The third kappa shape index (κ3) is 1.37. The van der Waals surface area contributed by atoms with Gasteiger partial charge in [-0.2, -0.15) is 4.98 Å². The van der Waals surface area contributed by atoms with E-state index in [2.05, 4.69) is 15.2 Å². The smallest absolute Gasteiger partial charge is 0.393 e. The van der Waals surface area contributed by atoms with Gasteiger partial charge in [0.05, 0.1) is 7.11 Å². The van der Waals surface area contributed by atoms with Crippen LogP contribution >= 0.6 is 0 Å². The van der Waals surface area contributed by atoms with E-state index in [1.165, 1.54) is 13.4 Å². The molecule has 0 aromatic carbocycles. The number of rotatable bonds is 2. The maximum absolute atomic E-state index is 5.13. The zero-order chi connectivity index (χ0) is 9.26. The van der Waals surface area contributed by atoms with Gasteiger partial charge in [0.2, 0.25) is 5.89 Å². The second-order valence-electron chi connectivity index (χ2n) is 2.33. The van der Waals surface area contributed by atoms with E-state index < -0.39 is 0 Å². The number of hydrogen-bond donors (Lipinski definition) is 0. The zero-order valence-corrected chi connectivity index (χ0v) is 7.14. The SMILES string of the molecule is COc1nc(-c2nnc(C)o2)co1. The topological polar surface area (TPSA) is 74.2 Å². The van der Waals surface area contributed by atoms with Crippen molar-refractivity contribution in [2.24, 2.45) is 0 Å². The molecule has 0 fully saturated rings. The summed E-state index contributed by atoms with van der Waals surface area (Å²) in [5.41, 5.74) is 0.470. The Hall–Kier alpha value is -1.85. The summed E-state index contributed by atoms with van der Waals surface area (Å²) in [4.78, 5) is 3.93. The van der Waals surface area contributed by atoms with Gasteiger partial charge in [-0.25, -0.2) is 0 Å². The normalized spacial score (nSPS) is 10.3. The maximum Gasteiger partial charge on any atom is 0.393 e. The van der Waals surface area contributed by atoms with Crippen LogP contribution < -0.4 is 4.74 Å². The van der Waals surface area contributed by atoms with Crippen LogP contribution in [-0.4, -0.2) is 22.3 Å². The molecule has 0 saturated heterocycles. The van der Waals surface area contributed by atoms with E-state index in [4.69, 9.17) is 13.6 Å². The van der Waals surface area contributed by atoms with E-state index in [1.54, 1.807) is 6.92 Å². The highest BCUT2D eigenvalue weighted by Crippen LogP contribution is 2.19. The zero-order valence-electron chi connectivity index (χ0n) is 7.14. The number of aryl methyl sites for hydroxylation is 1. The predicted octanol–water partition coefficient (Wildman–Crippen LogP) is 1.04. The quantitative estimate of drug-likeness (QED) is 0.689. The van der Waals surface area contributed by atoms with E-state index in [0.29, 0.717) is 17.5 Å². The Bertz CT molecular complexity index is 407. The molecule has 2 rings (SSSR count). The molecule has 0 unspecified atom stereocenters. The number of nitrogens with zero attached hydrogens (tertiary/aromatic N) is 3. The van der Waals surface area contributed by atoms with Gasteiger partial charge < -0.3 is 13.6 Å². The van der Waals surface area contributed by atoms with E-state index in [0.717, 1.165) is 0 Å². The maximum atomic E-state index is 5.13. The Morgan fingerprint density at radius 1 is 1.38 bits per heavy atom. The average molecular weight is 181 g/mol. The minimum Gasteiger partial charge on any atom is -0.454 e. The van der Waals surface area contributed by atoms with Crippen molar-refractivity contribution in [3.8, 4) is 17.7 Å². The van der Waals surface area contributed by atoms with Crippen molar-refractivity contribution < 1.29 is 13.6 Å².